The number of esters is 3. The second-order valence-corrected chi connectivity index (χ2v) is 18.5. The summed E-state index contributed by atoms with van der Waals surface area (Å²) in [5.41, 5.74) is 0. The number of carbonyl (C=O) groups excluding carboxylic acids is 3. The van der Waals surface area contributed by atoms with E-state index < -0.39 is 6.10 Å². The van der Waals surface area contributed by atoms with Gasteiger partial charge in [0.1, 0.15) is 13.2 Å². The Kier molecular flexibility index (Phi) is 51.3. The van der Waals surface area contributed by atoms with Crippen molar-refractivity contribution in [2.24, 2.45) is 0 Å². The highest BCUT2D eigenvalue weighted by Crippen LogP contribution is 2.15. The molecule has 0 aliphatic heterocycles. The third-order valence-electron chi connectivity index (χ3n) is 12.0. The number of hydrogen-bond acceptors (Lipinski definition) is 6. The van der Waals surface area contributed by atoms with Gasteiger partial charge in [0, 0.05) is 19.3 Å². The fraction of sp³-hybridized carbons (Fsp3) is 0.780. The summed E-state index contributed by atoms with van der Waals surface area (Å²) < 4.78 is 16.8. The summed E-state index contributed by atoms with van der Waals surface area (Å²) in [4.78, 5) is 38.1. The molecule has 0 heterocycles. The second kappa shape index (κ2) is 53.7. The monoisotopic (exact) mass is 909 g/mol. The Hall–Kier alpha value is -2.89. The molecule has 0 aromatic heterocycles. The maximum absolute atomic E-state index is 12.8. The molecule has 0 saturated carbocycles. The highest BCUT2D eigenvalue weighted by atomic mass is 16.6. The molecule has 0 fully saturated rings. The van der Waals surface area contributed by atoms with Crippen molar-refractivity contribution in [3.05, 3.63) is 60.8 Å². The standard InChI is InChI=1S/C59H104O6/c1-4-7-10-13-16-19-22-25-28-29-32-35-38-41-44-47-50-53-59(62)65-56(54-63-57(60)51-48-45-42-39-36-33-30-26-23-20-17-14-11-8-5-2)55-64-58(61)52-49-46-43-40-37-34-31-27-24-21-18-15-12-9-6-3/h16-17,19-21,24-26,28,30,56H,4-15,18,22-23,27,29,31-55H2,1-3H3/b19-16-,20-17-,24-21-,28-25-,30-26-/t56-/m1/s1. The molecule has 0 aliphatic carbocycles. The number of ether oxygens (including phenoxy) is 3. The van der Waals surface area contributed by atoms with Gasteiger partial charge in [-0.3, -0.25) is 14.4 Å². The molecule has 0 bridgehead atoms. The molecule has 376 valence electrons. The lowest BCUT2D eigenvalue weighted by Gasteiger charge is -2.18. The largest absolute Gasteiger partial charge is 0.462 e. The van der Waals surface area contributed by atoms with Crippen LogP contribution < -0.4 is 0 Å². The first-order chi connectivity index (χ1) is 32.0. The van der Waals surface area contributed by atoms with Gasteiger partial charge in [0.15, 0.2) is 6.10 Å². The highest BCUT2D eigenvalue weighted by molar-refractivity contribution is 5.71. The maximum Gasteiger partial charge on any atom is 0.306 e. The van der Waals surface area contributed by atoms with Gasteiger partial charge in [-0.15, -0.1) is 0 Å². The molecule has 1 atom stereocenters. The van der Waals surface area contributed by atoms with Crippen LogP contribution in [0.3, 0.4) is 0 Å². The van der Waals surface area contributed by atoms with Gasteiger partial charge in [-0.2, -0.15) is 0 Å². The molecule has 0 radical (unpaired) electrons. The van der Waals surface area contributed by atoms with Crippen LogP contribution in [0.25, 0.3) is 0 Å². The van der Waals surface area contributed by atoms with Gasteiger partial charge in [-0.25, -0.2) is 0 Å². The molecule has 6 heteroatoms. The van der Waals surface area contributed by atoms with Gasteiger partial charge in [-0.05, 0) is 109 Å². The van der Waals surface area contributed by atoms with Crippen LogP contribution in [-0.2, 0) is 28.6 Å². The Labute approximate surface area is 402 Å². The second-order valence-electron chi connectivity index (χ2n) is 18.5. The molecule has 6 nitrogen and oxygen atoms in total. The third kappa shape index (κ3) is 51.9. The minimum absolute atomic E-state index is 0.0837. The molecule has 0 spiro atoms. The molecular weight excluding hydrogens is 805 g/mol. The zero-order chi connectivity index (χ0) is 47.2. The summed E-state index contributed by atoms with van der Waals surface area (Å²) in [6, 6.07) is 0. The van der Waals surface area contributed by atoms with E-state index in [0.29, 0.717) is 19.3 Å². The lowest BCUT2D eigenvalue weighted by Crippen LogP contribution is -2.30. The van der Waals surface area contributed by atoms with Crippen molar-refractivity contribution in [2.75, 3.05) is 13.2 Å². The molecule has 0 aromatic carbocycles. The minimum Gasteiger partial charge on any atom is -0.462 e. The lowest BCUT2D eigenvalue weighted by atomic mass is 10.1. The third-order valence-corrected chi connectivity index (χ3v) is 12.0. The van der Waals surface area contributed by atoms with E-state index in [1.807, 2.05) is 0 Å². The predicted molar refractivity (Wildman–Crippen MR) is 279 cm³/mol. The smallest absolute Gasteiger partial charge is 0.306 e. The van der Waals surface area contributed by atoms with Crippen molar-refractivity contribution in [3.63, 3.8) is 0 Å². The van der Waals surface area contributed by atoms with Crippen LogP contribution in [0, 0.1) is 0 Å². The minimum atomic E-state index is -0.785. The molecule has 0 unspecified atom stereocenters. The van der Waals surface area contributed by atoms with Gasteiger partial charge >= 0.3 is 17.9 Å². The molecule has 0 rings (SSSR count). The van der Waals surface area contributed by atoms with Crippen LogP contribution in [-0.4, -0.2) is 37.2 Å². The SMILES string of the molecule is CCCCC/C=C\C/C=C\CCCCCCCCCC(=O)O[C@H](COC(=O)CCCCCCC/C=C\C/C=C\CCCCC)COC(=O)CCCCCCCCC/C=C\CCCCCC. The Balaban J connectivity index is 4.42. The van der Waals surface area contributed by atoms with E-state index in [0.717, 1.165) is 89.9 Å². The van der Waals surface area contributed by atoms with Crippen molar-refractivity contribution in [1.29, 1.82) is 0 Å². The predicted octanol–water partition coefficient (Wildman–Crippen LogP) is 18.4. The number of carbonyl (C=O) groups is 3. The van der Waals surface area contributed by atoms with E-state index in [9.17, 15) is 14.4 Å². The summed E-state index contributed by atoms with van der Waals surface area (Å²) in [7, 11) is 0. The molecular formula is C59H104O6. The number of rotatable bonds is 50. The van der Waals surface area contributed by atoms with Crippen molar-refractivity contribution >= 4 is 17.9 Å². The van der Waals surface area contributed by atoms with Crippen LogP contribution in [0.2, 0.25) is 0 Å². The highest BCUT2D eigenvalue weighted by Gasteiger charge is 2.19. The lowest BCUT2D eigenvalue weighted by molar-refractivity contribution is -0.167. The van der Waals surface area contributed by atoms with Gasteiger partial charge in [0.2, 0.25) is 0 Å². The fourth-order valence-electron chi connectivity index (χ4n) is 7.73. The van der Waals surface area contributed by atoms with Crippen molar-refractivity contribution in [2.45, 2.75) is 284 Å². The average Bonchev–Trinajstić information content (AvgIpc) is 3.30. The van der Waals surface area contributed by atoms with Crippen LogP contribution in [0.1, 0.15) is 278 Å². The van der Waals surface area contributed by atoms with Gasteiger partial charge in [0.05, 0.1) is 0 Å². The van der Waals surface area contributed by atoms with Crippen molar-refractivity contribution in [3.8, 4) is 0 Å². The Morgan fingerprint density at radius 1 is 0.308 bits per heavy atom. The summed E-state index contributed by atoms with van der Waals surface area (Å²) in [5.74, 6) is -0.902. The molecule has 0 aliphatic rings. The number of allylic oxidation sites excluding steroid dienone is 10. The van der Waals surface area contributed by atoms with Gasteiger partial charge in [0.25, 0.3) is 0 Å². The normalized spacial score (nSPS) is 12.5. The molecule has 0 N–H and O–H groups in total. The van der Waals surface area contributed by atoms with Crippen molar-refractivity contribution < 1.29 is 28.6 Å². The summed E-state index contributed by atoms with van der Waals surface area (Å²) in [5, 5.41) is 0. The van der Waals surface area contributed by atoms with Crippen LogP contribution in [0.15, 0.2) is 60.8 Å². The van der Waals surface area contributed by atoms with E-state index >= 15 is 0 Å². The Bertz CT molecular complexity index is 1180. The van der Waals surface area contributed by atoms with E-state index in [-0.39, 0.29) is 31.1 Å². The molecule has 0 amide bonds. The Morgan fingerprint density at radius 3 is 0.892 bits per heavy atom. The topological polar surface area (TPSA) is 78.9 Å². The molecule has 65 heavy (non-hydrogen) atoms. The number of unbranched alkanes of at least 4 members (excludes halogenated alkanes) is 29. The first-order valence-electron chi connectivity index (χ1n) is 27.8. The fourth-order valence-corrected chi connectivity index (χ4v) is 7.73. The van der Waals surface area contributed by atoms with Gasteiger partial charge < -0.3 is 14.2 Å². The summed E-state index contributed by atoms with van der Waals surface area (Å²) in [6.45, 7) is 6.57. The van der Waals surface area contributed by atoms with Crippen LogP contribution >= 0.6 is 0 Å². The van der Waals surface area contributed by atoms with E-state index in [1.54, 1.807) is 0 Å². The maximum atomic E-state index is 12.8. The summed E-state index contributed by atoms with van der Waals surface area (Å²) >= 11 is 0. The number of hydrogen-bond donors (Lipinski definition) is 0. The summed E-state index contributed by atoms with van der Waals surface area (Å²) in [6.07, 6.45) is 66.2. The van der Waals surface area contributed by atoms with Gasteiger partial charge in [-0.1, -0.05) is 210 Å². The van der Waals surface area contributed by atoms with Crippen molar-refractivity contribution in [1.82, 2.24) is 0 Å². The first-order valence-corrected chi connectivity index (χ1v) is 27.8. The Morgan fingerprint density at radius 2 is 0.554 bits per heavy atom. The van der Waals surface area contributed by atoms with E-state index in [2.05, 4.69) is 81.5 Å². The molecule has 0 saturated heterocycles. The van der Waals surface area contributed by atoms with E-state index in [4.69, 9.17) is 14.2 Å². The zero-order valence-corrected chi connectivity index (χ0v) is 43.0. The van der Waals surface area contributed by atoms with Crippen LogP contribution in [0.5, 0.6) is 0 Å². The van der Waals surface area contributed by atoms with Crippen LogP contribution in [0.4, 0.5) is 0 Å². The zero-order valence-electron chi connectivity index (χ0n) is 43.0. The van der Waals surface area contributed by atoms with E-state index in [1.165, 1.54) is 148 Å². The molecule has 0 aromatic rings. The quantitative estimate of drug-likeness (QED) is 0.0262. The average molecular weight is 909 g/mol. The first kappa shape index (κ1) is 62.1.